The molecule has 0 aliphatic carbocycles. The van der Waals surface area contributed by atoms with Crippen molar-refractivity contribution >= 4 is 45.0 Å². The standard InChI is InChI=1S/C17H18IN5/c1-22(2)14-5-7-15(8-6-14)23-20-16-9-4-13(12-17(16)21-23)19-11-3-10-18/h3-10,12,19H,11H2,1-2H3/b10-3+. The van der Waals surface area contributed by atoms with Gasteiger partial charge in [0.05, 0.1) is 5.69 Å². The van der Waals surface area contributed by atoms with Crippen LogP contribution in [0.3, 0.4) is 0 Å². The van der Waals surface area contributed by atoms with Crippen LogP contribution in [-0.2, 0) is 0 Å². The van der Waals surface area contributed by atoms with E-state index in [0.717, 1.165) is 34.6 Å². The summed E-state index contributed by atoms with van der Waals surface area (Å²) in [7, 11) is 4.05. The number of nitrogens with one attached hydrogen (secondary N) is 1. The fourth-order valence-electron chi connectivity index (χ4n) is 2.25. The smallest absolute Gasteiger partial charge is 0.115 e. The van der Waals surface area contributed by atoms with Gasteiger partial charge in [-0.2, -0.15) is 4.80 Å². The molecule has 0 spiro atoms. The molecule has 6 heteroatoms. The first-order chi connectivity index (χ1) is 11.2. The van der Waals surface area contributed by atoms with E-state index in [1.165, 1.54) is 0 Å². The largest absolute Gasteiger partial charge is 0.381 e. The van der Waals surface area contributed by atoms with Gasteiger partial charge in [0.25, 0.3) is 0 Å². The van der Waals surface area contributed by atoms with Crippen molar-refractivity contribution in [1.82, 2.24) is 15.0 Å². The molecule has 3 rings (SSSR count). The molecule has 1 N–H and O–H groups in total. The normalized spacial score (nSPS) is 11.3. The third-order valence-corrected chi connectivity index (χ3v) is 4.00. The molecule has 0 saturated carbocycles. The minimum atomic E-state index is 0.800. The first kappa shape index (κ1) is 15.8. The molecule has 0 saturated heterocycles. The highest BCUT2D eigenvalue weighted by atomic mass is 127. The van der Waals surface area contributed by atoms with Crippen molar-refractivity contribution in [2.45, 2.75) is 0 Å². The molecule has 0 fully saturated rings. The second-order valence-corrected chi connectivity index (χ2v) is 6.07. The Bertz CT molecular complexity index is 821. The Balaban J connectivity index is 1.87. The number of aromatic nitrogens is 3. The molecule has 0 bridgehead atoms. The Morgan fingerprint density at radius 3 is 2.52 bits per heavy atom. The Hall–Kier alpha value is -2.09. The average Bonchev–Trinajstić information content (AvgIpc) is 2.98. The molecule has 0 amide bonds. The third-order valence-electron chi connectivity index (χ3n) is 3.49. The molecular weight excluding hydrogens is 401 g/mol. The van der Waals surface area contributed by atoms with Crippen LogP contribution >= 0.6 is 22.6 Å². The molecule has 0 unspecified atom stereocenters. The Labute approximate surface area is 149 Å². The minimum absolute atomic E-state index is 0.800. The van der Waals surface area contributed by atoms with E-state index in [1.54, 1.807) is 4.80 Å². The van der Waals surface area contributed by atoms with E-state index in [1.807, 2.05) is 48.5 Å². The summed E-state index contributed by atoms with van der Waals surface area (Å²) in [6.07, 6.45) is 2.06. The number of hydrogen-bond donors (Lipinski definition) is 1. The summed E-state index contributed by atoms with van der Waals surface area (Å²) in [5.74, 6) is 0. The number of halogens is 1. The highest BCUT2D eigenvalue weighted by Crippen LogP contribution is 2.19. The number of fused-ring (bicyclic) bond motifs is 1. The zero-order chi connectivity index (χ0) is 16.2. The molecule has 2 aromatic carbocycles. The molecule has 1 aromatic heterocycles. The minimum Gasteiger partial charge on any atom is -0.381 e. The Morgan fingerprint density at radius 1 is 1.09 bits per heavy atom. The third kappa shape index (κ3) is 3.64. The van der Waals surface area contributed by atoms with Crippen LogP contribution in [0.2, 0.25) is 0 Å². The van der Waals surface area contributed by atoms with Crippen LogP contribution < -0.4 is 10.2 Å². The van der Waals surface area contributed by atoms with Gasteiger partial charge in [-0.1, -0.05) is 28.7 Å². The van der Waals surface area contributed by atoms with Gasteiger partial charge < -0.3 is 10.2 Å². The van der Waals surface area contributed by atoms with Crippen molar-refractivity contribution in [3.63, 3.8) is 0 Å². The van der Waals surface area contributed by atoms with E-state index in [-0.39, 0.29) is 0 Å². The lowest BCUT2D eigenvalue weighted by molar-refractivity contribution is 0.765. The summed E-state index contributed by atoms with van der Waals surface area (Å²) in [4.78, 5) is 3.75. The van der Waals surface area contributed by atoms with E-state index >= 15 is 0 Å². The van der Waals surface area contributed by atoms with Crippen molar-refractivity contribution in [2.75, 3.05) is 30.9 Å². The highest BCUT2D eigenvalue weighted by Gasteiger charge is 2.06. The van der Waals surface area contributed by atoms with E-state index in [0.29, 0.717) is 0 Å². The zero-order valence-corrected chi connectivity index (χ0v) is 15.2. The van der Waals surface area contributed by atoms with Gasteiger partial charge in [-0.05, 0) is 46.5 Å². The van der Waals surface area contributed by atoms with Gasteiger partial charge in [0, 0.05) is 32.0 Å². The molecule has 23 heavy (non-hydrogen) atoms. The van der Waals surface area contributed by atoms with Gasteiger partial charge in [0.2, 0.25) is 0 Å². The maximum atomic E-state index is 4.58. The van der Waals surface area contributed by atoms with Crippen LogP contribution in [0.5, 0.6) is 0 Å². The summed E-state index contributed by atoms with van der Waals surface area (Å²) in [5.41, 5.74) is 4.92. The molecule has 0 aliphatic rings. The monoisotopic (exact) mass is 419 g/mol. The van der Waals surface area contributed by atoms with Crippen LogP contribution in [0, 0.1) is 0 Å². The van der Waals surface area contributed by atoms with Crippen molar-refractivity contribution in [1.29, 1.82) is 0 Å². The summed E-state index contributed by atoms with van der Waals surface area (Å²) < 4.78 is 2.00. The molecule has 1 heterocycles. The van der Waals surface area contributed by atoms with Crippen molar-refractivity contribution in [2.24, 2.45) is 0 Å². The number of anilines is 2. The van der Waals surface area contributed by atoms with Crippen LogP contribution in [0.1, 0.15) is 0 Å². The van der Waals surface area contributed by atoms with Gasteiger partial charge in [-0.3, -0.25) is 0 Å². The predicted molar refractivity (Wildman–Crippen MR) is 105 cm³/mol. The molecule has 5 nitrogen and oxygen atoms in total. The maximum Gasteiger partial charge on any atom is 0.115 e. The van der Waals surface area contributed by atoms with Crippen LogP contribution in [0.15, 0.2) is 52.6 Å². The lowest BCUT2D eigenvalue weighted by Crippen LogP contribution is -2.08. The summed E-state index contributed by atoms with van der Waals surface area (Å²) >= 11 is 2.21. The molecule has 0 radical (unpaired) electrons. The van der Waals surface area contributed by atoms with Gasteiger partial charge in [-0.15, -0.1) is 10.2 Å². The van der Waals surface area contributed by atoms with E-state index in [4.69, 9.17) is 0 Å². The van der Waals surface area contributed by atoms with Crippen molar-refractivity contribution < 1.29 is 0 Å². The quantitative estimate of drug-likeness (QED) is 0.639. The van der Waals surface area contributed by atoms with Crippen molar-refractivity contribution in [3.05, 3.63) is 52.6 Å². The van der Waals surface area contributed by atoms with Gasteiger partial charge in [0.15, 0.2) is 0 Å². The fraction of sp³-hybridized carbons (Fsp3) is 0.176. The summed E-state index contributed by atoms with van der Waals surface area (Å²) in [6, 6.07) is 14.2. The SMILES string of the molecule is CN(C)c1ccc(-n2nc3ccc(NC/C=C/I)cc3n2)cc1. The number of nitrogens with zero attached hydrogens (tertiary/aromatic N) is 4. The van der Waals surface area contributed by atoms with Crippen molar-refractivity contribution in [3.8, 4) is 5.69 Å². The van der Waals surface area contributed by atoms with Crippen LogP contribution in [0.25, 0.3) is 16.7 Å². The first-order valence-corrected chi connectivity index (χ1v) is 8.56. The zero-order valence-electron chi connectivity index (χ0n) is 13.1. The molecule has 118 valence electrons. The van der Waals surface area contributed by atoms with Gasteiger partial charge in [0.1, 0.15) is 11.0 Å². The van der Waals surface area contributed by atoms with Gasteiger partial charge in [-0.25, -0.2) is 0 Å². The van der Waals surface area contributed by atoms with E-state index < -0.39 is 0 Å². The van der Waals surface area contributed by atoms with Crippen LogP contribution in [0.4, 0.5) is 11.4 Å². The van der Waals surface area contributed by atoms with Gasteiger partial charge >= 0.3 is 0 Å². The molecule has 0 atom stereocenters. The van der Waals surface area contributed by atoms with E-state index in [2.05, 4.69) is 61.2 Å². The topological polar surface area (TPSA) is 46.0 Å². The fourth-order valence-corrected chi connectivity index (χ4v) is 2.50. The number of hydrogen-bond acceptors (Lipinski definition) is 4. The number of rotatable bonds is 5. The Morgan fingerprint density at radius 2 is 1.83 bits per heavy atom. The second-order valence-electron chi connectivity index (χ2n) is 5.35. The van der Waals surface area contributed by atoms with Crippen LogP contribution in [-0.4, -0.2) is 35.6 Å². The molecule has 0 aliphatic heterocycles. The second kappa shape index (κ2) is 6.99. The molecule has 3 aromatic rings. The number of benzene rings is 2. The molecular formula is C17H18IN5. The Kier molecular flexibility index (Phi) is 4.80. The highest BCUT2D eigenvalue weighted by molar-refractivity contribution is 14.1. The van der Waals surface area contributed by atoms with E-state index in [9.17, 15) is 0 Å². The lowest BCUT2D eigenvalue weighted by atomic mass is 10.3. The predicted octanol–water partition coefficient (Wildman–Crippen LogP) is 3.85. The average molecular weight is 419 g/mol. The summed E-state index contributed by atoms with van der Waals surface area (Å²) in [5, 5.41) is 12.5. The first-order valence-electron chi connectivity index (χ1n) is 7.31. The maximum absolute atomic E-state index is 4.58. The lowest BCUT2D eigenvalue weighted by Gasteiger charge is -2.12. The summed E-state index contributed by atoms with van der Waals surface area (Å²) in [6.45, 7) is 0.800.